The van der Waals surface area contributed by atoms with Gasteiger partial charge in [0.05, 0.1) is 0 Å². The summed E-state index contributed by atoms with van der Waals surface area (Å²) in [5.41, 5.74) is 6.29. The van der Waals surface area contributed by atoms with Crippen molar-refractivity contribution in [3.63, 3.8) is 0 Å². The molecule has 0 aromatic heterocycles. The van der Waals surface area contributed by atoms with Gasteiger partial charge in [0.2, 0.25) is 5.91 Å². The number of carbonyl (C=O) groups is 1. The van der Waals surface area contributed by atoms with Crippen LogP contribution in [-0.2, 0) is 9.53 Å². The Morgan fingerprint density at radius 3 is 2.50 bits per heavy atom. The molecule has 16 heavy (non-hydrogen) atoms. The van der Waals surface area contributed by atoms with Crippen molar-refractivity contribution in [1.29, 1.82) is 0 Å². The zero-order valence-electron chi connectivity index (χ0n) is 9.64. The predicted molar refractivity (Wildman–Crippen MR) is 62.9 cm³/mol. The number of methoxy groups -OCH3 is 1. The van der Waals surface area contributed by atoms with Gasteiger partial charge in [0.25, 0.3) is 0 Å². The topological polar surface area (TPSA) is 64.3 Å². The maximum atomic E-state index is 11.3. The lowest BCUT2D eigenvalue weighted by molar-refractivity contribution is -0.123. The summed E-state index contributed by atoms with van der Waals surface area (Å²) < 4.78 is 5.35. The largest absolute Gasteiger partial charge is 0.375 e. The van der Waals surface area contributed by atoms with Gasteiger partial charge in [-0.05, 0) is 12.1 Å². The standard InChI is InChI=1S/C12H18N2O2/c1-3-14-10(12(13)15)11(16-2)9-7-5-4-6-8-9/h4-8,10-11,14H,3H2,1-2H3,(H2,13,15)/t10?,11-/m1/s1. The molecule has 0 aliphatic heterocycles. The van der Waals surface area contributed by atoms with Crippen LogP contribution in [0.5, 0.6) is 0 Å². The Kier molecular flexibility index (Phi) is 4.95. The maximum Gasteiger partial charge on any atom is 0.237 e. The van der Waals surface area contributed by atoms with Gasteiger partial charge in [0.15, 0.2) is 0 Å². The number of likely N-dealkylation sites (N-methyl/N-ethyl adjacent to an activating group) is 1. The number of benzene rings is 1. The lowest BCUT2D eigenvalue weighted by Crippen LogP contribution is -2.46. The zero-order valence-corrected chi connectivity index (χ0v) is 9.64. The fraction of sp³-hybridized carbons (Fsp3) is 0.417. The molecular weight excluding hydrogens is 204 g/mol. The van der Waals surface area contributed by atoms with Crippen molar-refractivity contribution >= 4 is 5.91 Å². The summed E-state index contributed by atoms with van der Waals surface area (Å²) in [4.78, 5) is 11.3. The van der Waals surface area contributed by atoms with Crippen molar-refractivity contribution in [2.24, 2.45) is 5.73 Å². The number of nitrogens with two attached hydrogens (primary N) is 1. The average molecular weight is 222 g/mol. The Hall–Kier alpha value is -1.39. The molecule has 1 rings (SSSR count). The van der Waals surface area contributed by atoms with Crippen molar-refractivity contribution in [3.8, 4) is 0 Å². The highest BCUT2D eigenvalue weighted by atomic mass is 16.5. The Morgan fingerprint density at radius 2 is 2.06 bits per heavy atom. The van der Waals surface area contributed by atoms with Crippen molar-refractivity contribution < 1.29 is 9.53 Å². The van der Waals surface area contributed by atoms with Crippen molar-refractivity contribution in [2.75, 3.05) is 13.7 Å². The molecule has 0 aliphatic carbocycles. The number of amides is 1. The summed E-state index contributed by atoms with van der Waals surface area (Å²) in [7, 11) is 1.57. The normalized spacial score (nSPS) is 14.4. The Morgan fingerprint density at radius 1 is 1.44 bits per heavy atom. The molecule has 0 spiro atoms. The first-order valence-electron chi connectivity index (χ1n) is 5.31. The van der Waals surface area contributed by atoms with Crippen LogP contribution in [0.2, 0.25) is 0 Å². The second-order valence-electron chi connectivity index (χ2n) is 3.50. The molecule has 88 valence electrons. The van der Waals surface area contributed by atoms with Gasteiger partial charge in [-0.1, -0.05) is 37.3 Å². The number of hydrogen-bond acceptors (Lipinski definition) is 3. The van der Waals surface area contributed by atoms with Crippen LogP contribution in [0.1, 0.15) is 18.6 Å². The highest BCUT2D eigenvalue weighted by Gasteiger charge is 2.26. The summed E-state index contributed by atoms with van der Waals surface area (Å²) in [6.07, 6.45) is -0.348. The first-order valence-corrected chi connectivity index (χ1v) is 5.31. The van der Waals surface area contributed by atoms with Crippen molar-refractivity contribution in [1.82, 2.24) is 5.32 Å². The number of hydrogen-bond donors (Lipinski definition) is 2. The first kappa shape index (κ1) is 12.7. The van der Waals surface area contributed by atoms with Gasteiger partial charge in [-0.15, -0.1) is 0 Å². The van der Waals surface area contributed by atoms with E-state index in [9.17, 15) is 4.79 Å². The monoisotopic (exact) mass is 222 g/mol. The summed E-state index contributed by atoms with van der Waals surface area (Å²) in [5.74, 6) is -0.405. The molecule has 0 fully saturated rings. The highest BCUT2D eigenvalue weighted by molar-refractivity contribution is 5.80. The molecule has 1 aromatic carbocycles. The second-order valence-corrected chi connectivity index (χ2v) is 3.50. The quantitative estimate of drug-likeness (QED) is 0.749. The van der Waals surface area contributed by atoms with E-state index in [-0.39, 0.29) is 6.10 Å². The van der Waals surface area contributed by atoms with Crippen LogP contribution < -0.4 is 11.1 Å². The van der Waals surface area contributed by atoms with Crippen LogP contribution in [0, 0.1) is 0 Å². The zero-order chi connectivity index (χ0) is 12.0. The van der Waals surface area contributed by atoms with Crippen molar-refractivity contribution in [2.45, 2.75) is 19.1 Å². The minimum absolute atomic E-state index is 0.348. The van der Waals surface area contributed by atoms with Crippen LogP contribution in [0.4, 0.5) is 0 Å². The van der Waals surface area contributed by atoms with E-state index in [1.807, 2.05) is 37.3 Å². The summed E-state index contributed by atoms with van der Waals surface area (Å²) in [6, 6.07) is 9.07. The molecule has 0 aliphatic rings. The molecule has 1 aromatic rings. The van der Waals surface area contributed by atoms with E-state index in [2.05, 4.69) is 5.32 Å². The van der Waals surface area contributed by atoms with Gasteiger partial charge in [-0.3, -0.25) is 4.79 Å². The molecule has 1 unspecified atom stereocenters. The fourth-order valence-electron chi connectivity index (χ4n) is 1.68. The molecule has 2 atom stereocenters. The van der Waals surface area contributed by atoms with E-state index < -0.39 is 11.9 Å². The lowest BCUT2D eigenvalue weighted by atomic mass is 10.0. The predicted octanol–water partition coefficient (Wildman–Crippen LogP) is 0.838. The molecule has 0 heterocycles. The third kappa shape index (κ3) is 3.05. The molecule has 0 saturated heterocycles. The molecule has 0 bridgehead atoms. The maximum absolute atomic E-state index is 11.3. The van der Waals surface area contributed by atoms with Crippen LogP contribution in [0.25, 0.3) is 0 Å². The lowest BCUT2D eigenvalue weighted by Gasteiger charge is -2.24. The number of rotatable bonds is 6. The van der Waals surface area contributed by atoms with Crippen LogP contribution in [0.3, 0.4) is 0 Å². The minimum Gasteiger partial charge on any atom is -0.375 e. The summed E-state index contributed by atoms with van der Waals surface area (Å²) in [5, 5.41) is 3.03. The third-order valence-electron chi connectivity index (χ3n) is 2.42. The minimum atomic E-state index is -0.502. The van der Waals surface area contributed by atoms with E-state index >= 15 is 0 Å². The summed E-state index contributed by atoms with van der Waals surface area (Å²) in [6.45, 7) is 2.59. The van der Waals surface area contributed by atoms with Gasteiger partial charge >= 0.3 is 0 Å². The molecule has 4 nitrogen and oxygen atoms in total. The number of primary amides is 1. The average Bonchev–Trinajstić information content (AvgIpc) is 2.30. The smallest absolute Gasteiger partial charge is 0.237 e. The van der Waals surface area contributed by atoms with Gasteiger partial charge in [-0.2, -0.15) is 0 Å². The summed E-state index contributed by atoms with van der Waals surface area (Å²) >= 11 is 0. The molecular formula is C12H18N2O2. The molecule has 0 saturated carbocycles. The number of nitrogens with one attached hydrogen (secondary N) is 1. The van der Waals surface area contributed by atoms with Gasteiger partial charge in [0.1, 0.15) is 12.1 Å². The van der Waals surface area contributed by atoms with Gasteiger partial charge in [0, 0.05) is 7.11 Å². The van der Waals surface area contributed by atoms with E-state index in [0.29, 0.717) is 6.54 Å². The first-order chi connectivity index (χ1) is 7.70. The SMILES string of the molecule is CCNC(C(N)=O)[C@H](OC)c1ccccc1. The Bertz CT molecular complexity index is 327. The molecule has 0 radical (unpaired) electrons. The fourth-order valence-corrected chi connectivity index (χ4v) is 1.68. The third-order valence-corrected chi connectivity index (χ3v) is 2.42. The van der Waals surface area contributed by atoms with Crippen LogP contribution >= 0.6 is 0 Å². The van der Waals surface area contributed by atoms with Gasteiger partial charge < -0.3 is 15.8 Å². The van der Waals surface area contributed by atoms with Gasteiger partial charge in [-0.25, -0.2) is 0 Å². The molecule has 3 N–H and O–H groups in total. The van der Waals surface area contributed by atoms with E-state index in [1.165, 1.54) is 0 Å². The van der Waals surface area contributed by atoms with E-state index in [0.717, 1.165) is 5.56 Å². The van der Waals surface area contributed by atoms with E-state index in [4.69, 9.17) is 10.5 Å². The van der Waals surface area contributed by atoms with Crippen LogP contribution in [-0.4, -0.2) is 25.6 Å². The number of ether oxygens (including phenoxy) is 1. The van der Waals surface area contributed by atoms with Crippen LogP contribution in [0.15, 0.2) is 30.3 Å². The molecule has 4 heteroatoms. The van der Waals surface area contributed by atoms with E-state index in [1.54, 1.807) is 7.11 Å². The molecule has 1 amide bonds. The number of carbonyl (C=O) groups excluding carboxylic acids is 1. The Balaban J connectivity index is 2.91. The Labute approximate surface area is 95.8 Å². The van der Waals surface area contributed by atoms with Crippen molar-refractivity contribution in [3.05, 3.63) is 35.9 Å². The highest BCUT2D eigenvalue weighted by Crippen LogP contribution is 2.20. The second kappa shape index (κ2) is 6.25.